The van der Waals surface area contributed by atoms with E-state index in [9.17, 15) is 9.59 Å². The quantitative estimate of drug-likeness (QED) is 0.712. The van der Waals surface area contributed by atoms with Gasteiger partial charge in [0.15, 0.2) is 0 Å². The molecule has 0 spiro atoms. The summed E-state index contributed by atoms with van der Waals surface area (Å²) < 4.78 is 5.43. The normalized spacial score (nSPS) is 23.1. The standard InChI is InChI=1S/C14H25N3O3/c1-2-15-6-5-13(18)16-7-9-17(10-8-16)14(19)12-4-3-11-20-12/h12,15H,2-11H2,1H3. The first kappa shape index (κ1) is 15.3. The lowest BCUT2D eigenvalue weighted by molar-refractivity contribution is -0.146. The summed E-state index contributed by atoms with van der Waals surface area (Å²) in [5, 5.41) is 3.15. The Morgan fingerprint density at radius 3 is 2.50 bits per heavy atom. The molecule has 1 unspecified atom stereocenters. The van der Waals surface area contributed by atoms with Gasteiger partial charge in [-0.3, -0.25) is 9.59 Å². The van der Waals surface area contributed by atoms with Gasteiger partial charge in [-0.15, -0.1) is 0 Å². The molecule has 2 heterocycles. The van der Waals surface area contributed by atoms with Gasteiger partial charge in [-0.2, -0.15) is 0 Å². The van der Waals surface area contributed by atoms with Crippen LogP contribution in [0.1, 0.15) is 26.2 Å². The van der Waals surface area contributed by atoms with E-state index in [-0.39, 0.29) is 17.9 Å². The molecule has 2 aliphatic rings. The van der Waals surface area contributed by atoms with Crippen molar-refractivity contribution in [3.63, 3.8) is 0 Å². The van der Waals surface area contributed by atoms with Crippen LogP contribution in [-0.2, 0) is 14.3 Å². The third-order valence-electron chi connectivity index (χ3n) is 3.91. The topological polar surface area (TPSA) is 61.9 Å². The van der Waals surface area contributed by atoms with Gasteiger partial charge in [0, 0.05) is 45.8 Å². The van der Waals surface area contributed by atoms with Crippen molar-refractivity contribution in [2.45, 2.75) is 32.3 Å². The molecule has 0 aromatic carbocycles. The molecule has 0 bridgehead atoms. The van der Waals surface area contributed by atoms with Gasteiger partial charge in [0.05, 0.1) is 0 Å². The number of rotatable bonds is 5. The average Bonchev–Trinajstić information content (AvgIpc) is 3.01. The first-order valence-corrected chi connectivity index (χ1v) is 7.61. The van der Waals surface area contributed by atoms with Crippen LogP contribution >= 0.6 is 0 Å². The minimum absolute atomic E-state index is 0.0993. The highest BCUT2D eigenvalue weighted by molar-refractivity contribution is 5.82. The lowest BCUT2D eigenvalue weighted by Crippen LogP contribution is -2.53. The third-order valence-corrected chi connectivity index (χ3v) is 3.91. The maximum absolute atomic E-state index is 12.2. The zero-order valence-corrected chi connectivity index (χ0v) is 12.3. The van der Waals surface area contributed by atoms with Crippen molar-refractivity contribution in [2.75, 3.05) is 45.9 Å². The van der Waals surface area contributed by atoms with Crippen LogP contribution in [0.3, 0.4) is 0 Å². The number of nitrogens with zero attached hydrogens (tertiary/aromatic N) is 2. The molecule has 2 amide bonds. The highest BCUT2D eigenvalue weighted by Gasteiger charge is 2.31. The van der Waals surface area contributed by atoms with Crippen LogP contribution in [-0.4, -0.2) is 73.6 Å². The summed E-state index contributed by atoms with van der Waals surface area (Å²) in [6, 6.07) is 0. The van der Waals surface area contributed by atoms with Crippen LogP contribution in [0.15, 0.2) is 0 Å². The van der Waals surface area contributed by atoms with Crippen molar-refractivity contribution in [3.05, 3.63) is 0 Å². The van der Waals surface area contributed by atoms with E-state index in [1.54, 1.807) is 0 Å². The van der Waals surface area contributed by atoms with Crippen LogP contribution in [0, 0.1) is 0 Å². The smallest absolute Gasteiger partial charge is 0.251 e. The van der Waals surface area contributed by atoms with Crippen LogP contribution in [0.2, 0.25) is 0 Å². The third kappa shape index (κ3) is 3.93. The molecular weight excluding hydrogens is 258 g/mol. The number of hydrogen-bond donors (Lipinski definition) is 1. The van der Waals surface area contributed by atoms with E-state index >= 15 is 0 Å². The average molecular weight is 283 g/mol. The Labute approximate surface area is 120 Å². The maximum Gasteiger partial charge on any atom is 0.251 e. The molecule has 0 radical (unpaired) electrons. The van der Waals surface area contributed by atoms with Crippen molar-refractivity contribution in [3.8, 4) is 0 Å². The molecule has 114 valence electrons. The van der Waals surface area contributed by atoms with Crippen molar-refractivity contribution in [2.24, 2.45) is 0 Å². The minimum atomic E-state index is -0.244. The predicted octanol–water partition coefficient (Wildman–Crippen LogP) is -0.164. The maximum atomic E-state index is 12.2. The number of piperazine rings is 1. The summed E-state index contributed by atoms with van der Waals surface area (Å²) >= 11 is 0. The highest BCUT2D eigenvalue weighted by atomic mass is 16.5. The molecule has 1 N–H and O–H groups in total. The Balaban J connectivity index is 1.71. The summed E-state index contributed by atoms with van der Waals surface area (Å²) in [5.41, 5.74) is 0. The van der Waals surface area contributed by atoms with Gasteiger partial charge in [-0.25, -0.2) is 0 Å². The molecule has 2 rings (SSSR count). The molecule has 2 fully saturated rings. The second-order valence-corrected chi connectivity index (χ2v) is 5.31. The summed E-state index contributed by atoms with van der Waals surface area (Å²) in [5.74, 6) is 0.275. The monoisotopic (exact) mass is 283 g/mol. The largest absolute Gasteiger partial charge is 0.368 e. The molecule has 6 nitrogen and oxygen atoms in total. The summed E-state index contributed by atoms with van der Waals surface area (Å²) in [4.78, 5) is 27.8. The van der Waals surface area contributed by atoms with Gasteiger partial charge in [-0.05, 0) is 19.4 Å². The summed E-state index contributed by atoms with van der Waals surface area (Å²) in [6.45, 7) is 6.88. The zero-order valence-electron chi connectivity index (χ0n) is 12.3. The Morgan fingerprint density at radius 2 is 1.90 bits per heavy atom. The number of ether oxygens (including phenoxy) is 1. The Morgan fingerprint density at radius 1 is 1.20 bits per heavy atom. The van der Waals surface area contributed by atoms with Crippen molar-refractivity contribution in [1.29, 1.82) is 0 Å². The minimum Gasteiger partial charge on any atom is -0.368 e. The molecule has 0 aromatic heterocycles. The second kappa shape index (κ2) is 7.59. The van der Waals surface area contributed by atoms with E-state index in [1.807, 2.05) is 16.7 Å². The molecule has 0 aromatic rings. The molecule has 0 aliphatic carbocycles. The Hall–Kier alpha value is -1.14. The molecule has 2 aliphatic heterocycles. The summed E-state index contributed by atoms with van der Waals surface area (Å²) in [6.07, 6.45) is 2.10. The fraction of sp³-hybridized carbons (Fsp3) is 0.857. The zero-order chi connectivity index (χ0) is 14.4. The van der Waals surface area contributed by atoms with Gasteiger partial charge in [0.1, 0.15) is 6.10 Å². The molecule has 20 heavy (non-hydrogen) atoms. The van der Waals surface area contributed by atoms with E-state index in [0.29, 0.717) is 39.2 Å². The molecular formula is C14H25N3O3. The van der Waals surface area contributed by atoms with Gasteiger partial charge in [0.2, 0.25) is 5.91 Å². The van der Waals surface area contributed by atoms with E-state index in [1.165, 1.54) is 0 Å². The van der Waals surface area contributed by atoms with E-state index in [0.717, 1.165) is 25.9 Å². The van der Waals surface area contributed by atoms with Crippen LogP contribution < -0.4 is 5.32 Å². The van der Waals surface area contributed by atoms with Gasteiger partial charge in [0.25, 0.3) is 5.91 Å². The van der Waals surface area contributed by atoms with E-state index in [4.69, 9.17) is 4.74 Å². The number of nitrogens with one attached hydrogen (secondary N) is 1. The molecule has 2 saturated heterocycles. The summed E-state index contributed by atoms with van der Waals surface area (Å²) in [7, 11) is 0. The van der Waals surface area contributed by atoms with Crippen molar-refractivity contribution < 1.29 is 14.3 Å². The fourth-order valence-electron chi connectivity index (χ4n) is 2.68. The van der Waals surface area contributed by atoms with E-state index in [2.05, 4.69) is 5.32 Å². The number of amides is 2. The predicted molar refractivity (Wildman–Crippen MR) is 75.3 cm³/mol. The SMILES string of the molecule is CCNCCC(=O)N1CCN(C(=O)C2CCCO2)CC1. The van der Waals surface area contributed by atoms with Gasteiger partial charge in [-0.1, -0.05) is 6.92 Å². The first-order valence-electron chi connectivity index (χ1n) is 7.61. The Bertz CT molecular complexity index is 335. The molecule has 0 saturated carbocycles. The first-order chi connectivity index (χ1) is 9.72. The lowest BCUT2D eigenvalue weighted by atomic mass is 10.2. The van der Waals surface area contributed by atoms with Gasteiger partial charge >= 0.3 is 0 Å². The molecule has 6 heteroatoms. The fourth-order valence-corrected chi connectivity index (χ4v) is 2.68. The van der Waals surface area contributed by atoms with Crippen molar-refractivity contribution in [1.82, 2.24) is 15.1 Å². The lowest BCUT2D eigenvalue weighted by Gasteiger charge is -2.35. The second-order valence-electron chi connectivity index (χ2n) is 5.31. The molecule has 1 atom stereocenters. The Kier molecular flexibility index (Phi) is 5.79. The van der Waals surface area contributed by atoms with Crippen LogP contribution in [0.5, 0.6) is 0 Å². The van der Waals surface area contributed by atoms with E-state index < -0.39 is 0 Å². The van der Waals surface area contributed by atoms with Gasteiger partial charge < -0.3 is 19.9 Å². The van der Waals surface area contributed by atoms with Crippen LogP contribution in [0.4, 0.5) is 0 Å². The van der Waals surface area contributed by atoms with Crippen LogP contribution in [0.25, 0.3) is 0 Å². The number of carbonyl (C=O) groups is 2. The van der Waals surface area contributed by atoms with Crippen molar-refractivity contribution >= 4 is 11.8 Å². The number of hydrogen-bond acceptors (Lipinski definition) is 4. The number of carbonyl (C=O) groups excluding carboxylic acids is 2. The highest BCUT2D eigenvalue weighted by Crippen LogP contribution is 2.16.